The highest BCUT2D eigenvalue weighted by Crippen LogP contribution is 2.24. The Kier molecular flexibility index (Phi) is 2.07. The molecule has 2 aromatic rings. The Labute approximate surface area is 81.8 Å². The third kappa shape index (κ3) is 1.58. The first kappa shape index (κ1) is 8.32. The first-order valence-electron chi connectivity index (χ1n) is 4.02. The second kappa shape index (κ2) is 3.23. The molecule has 0 saturated carbocycles. The number of halogens is 1. The van der Waals surface area contributed by atoms with Crippen LogP contribution in [0.1, 0.15) is 0 Å². The molecule has 2 nitrogen and oxygen atoms in total. The van der Waals surface area contributed by atoms with E-state index < -0.39 is 0 Å². The van der Waals surface area contributed by atoms with E-state index in [1.165, 1.54) is 0 Å². The van der Waals surface area contributed by atoms with Crippen molar-refractivity contribution in [2.75, 3.05) is 0 Å². The molecule has 0 N–H and O–H groups in total. The lowest BCUT2D eigenvalue weighted by Crippen LogP contribution is -1.87. The summed E-state index contributed by atoms with van der Waals surface area (Å²) in [7, 11) is 1.86. The van der Waals surface area contributed by atoms with E-state index in [0.717, 1.165) is 11.3 Å². The van der Waals surface area contributed by atoms with Crippen LogP contribution in [0.5, 0.6) is 0 Å². The van der Waals surface area contributed by atoms with E-state index in [1.54, 1.807) is 10.9 Å². The van der Waals surface area contributed by atoms with Gasteiger partial charge in [-0.3, -0.25) is 4.68 Å². The third-order valence-corrected chi connectivity index (χ3v) is 2.11. The lowest BCUT2D eigenvalue weighted by Gasteiger charge is -1.95. The number of rotatable bonds is 1. The van der Waals surface area contributed by atoms with Crippen LogP contribution in [-0.4, -0.2) is 9.78 Å². The lowest BCUT2D eigenvalue weighted by atomic mass is 10.2. The summed E-state index contributed by atoms with van der Waals surface area (Å²) in [4.78, 5) is 0. The molecule has 0 bridgehead atoms. The summed E-state index contributed by atoms with van der Waals surface area (Å²) in [6.45, 7) is 0. The van der Waals surface area contributed by atoms with E-state index in [1.807, 2.05) is 37.4 Å². The van der Waals surface area contributed by atoms with E-state index in [4.69, 9.17) is 11.6 Å². The molecule has 0 aliphatic rings. The first-order chi connectivity index (χ1) is 6.27. The Morgan fingerprint density at radius 2 is 1.92 bits per heavy atom. The average molecular weight is 193 g/mol. The summed E-state index contributed by atoms with van der Waals surface area (Å²) in [5.41, 5.74) is 1.89. The van der Waals surface area contributed by atoms with Crippen molar-refractivity contribution in [3.63, 3.8) is 0 Å². The summed E-state index contributed by atoms with van der Waals surface area (Å²) in [6.07, 6.45) is 1.80. The summed E-state index contributed by atoms with van der Waals surface area (Å²) >= 11 is 6.00. The molecule has 1 aromatic heterocycles. The standard InChI is InChI=1S/C10H9ClN2/c1-13-7-9(11)10(12-13)8-5-3-2-4-6-8/h2-7H,1H3. The van der Waals surface area contributed by atoms with Crippen LogP contribution in [0, 0.1) is 0 Å². The van der Waals surface area contributed by atoms with Crippen LogP contribution in [0.15, 0.2) is 36.5 Å². The van der Waals surface area contributed by atoms with Crippen LogP contribution in [0.25, 0.3) is 11.3 Å². The fourth-order valence-electron chi connectivity index (χ4n) is 1.25. The van der Waals surface area contributed by atoms with Crippen LogP contribution >= 0.6 is 11.6 Å². The molecule has 1 aromatic carbocycles. The second-order valence-electron chi connectivity index (χ2n) is 2.87. The van der Waals surface area contributed by atoms with Gasteiger partial charge >= 0.3 is 0 Å². The van der Waals surface area contributed by atoms with Gasteiger partial charge < -0.3 is 0 Å². The summed E-state index contributed by atoms with van der Waals surface area (Å²) in [6, 6.07) is 9.91. The number of nitrogens with zero attached hydrogens (tertiary/aromatic N) is 2. The highest BCUT2D eigenvalue weighted by molar-refractivity contribution is 6.32. The van der Waals surface area contributed by atoms with Gasteiger partial charge in [-0.25, -0.2) is 0 Å². The maximum absolute atomic E-state index is 6.00. The number of aryl methyl sites for hydroxylation is 1. The van der Waals surface area contributed by atoms with E-state index >= 15 is 0 Å². The minimum atomic E-state index is 0.689. The molecule has 0 unspecified atom stereocenters. The molecule has 66 valence electrons. The Balaban J connectivity index is 2.53. The van der Waals surface area contributed by atoms with Crippen molar-refractivity contribution in [1.82, 2.24) is 9.78 Å². The van der Waals surface area contributed by atoms with Gasteiger partial charge in [0.25, 0.3) is 0 Å². The van der Waals surface area contributed by atoms with E-state index in [2.05, 4.69) is 5.10 Å². The topological polar surface area (TPSA) is 17.8 Å². The van der Waals surface area contributed by atoms with Crippen molar-refractivity contribution in [1.29, 1.82) is 0 Å². The molecule has 1 heterocycles. The number of aromatic nitrogens is 2. The first-order valence-corrected chi connectivity index (χ1v) is 4.40. The summed E-state index contributed by atoms with van der Waals surface area (Å²) in [5, 5.41) is 4.95. The van der Waals surface area contributed by atoms with Gasteiger partial charge in [0.2, 0.25) is 0 Å². The highest BCUT2D eigenvalue weighted by atomic mass is 35.5. The van der Waals surface area contributed by atoms with Crippen molar-refractivity contribution in [3.05, 3.63) is 41.6 Å². The normalized spacial score (nSPS) is 10.3. The van der Waals surface area contributed by atoms with Crippen molar-refractivity contribution in [2.45, 2.75) is 0 Å². The van der Waals surface area contributed by atoms with Gasteiger partial charge in [-0.2, -0.15) is 5.10 Å². The van der Waals surface area contributed by atoms with Crippen LogP contribution < -0.4 is 0 Å². The maximum Gasteiger partial charge on any atom is 0.111 e. The minimum Gasteiger partial charge on any atom is -0.274 e. The zero-order valence-corrected chi connectivity index (χ0v) is 7.99. The Bertz CT molecular complexity index is 406. The lowest BCUT2D eigenvalue weighted by molar-refractivity contribution is 0.771. The van der Waals surface area contributed by atoms with Crippen molar-refractivity contribution < 1.29 is 0 Å². The molecule has 0 fully saturated rings. The van der Waals surface area contributed by atoms with E-state index in [0.29, 0.717) is 5.02 Å². The monoisotopic (exact) mass is 192 g/mol. The van der Waals surface area contributed by atoms with Crippen molar-refractivity contribution in [2.24, 2.45) is 7.05 Å². The number of benzene rings is 1. The average Bonchev–Trinajstić information content (AvgIpc) is 2.47. The summed E-state index contributed by atoms with van der Waals surface area (Å²) < 4.78 is 1.71. The molecule has 0 atom stereocenters. The Hall–Kier alpha value is -1.28. The van der Waals surface area contributed by atoms with E-state index in [-0.39, 0.29) is 0 Å². The van der Waals surface area contributed by atoms with Crippen molar-refractivity contribution >= 4 is 11.6 Å². The molecule has 0 saturated heterocycles. The molecule has 2 rings (SSSR count). The highest BCUT2D eigenvalue weighted by Gasteiger charge is 2.06. The Morgan fingerprint density at radius 1 is 1.23 bits per heavy atom. The van der Waals surface area contributed by atoms with Gasteiger partial charge in [-0.05, 0) is 0 Å². The SMILES string of the molecule is Cn1cc(Cl)c(-c2ccccc2)n1. The van der Waals surface area contributed by atoms with Crippen LogP contribution in [-0.2, 0) is 7.05 Å². The predicted molar refractivity (Wildman–Crippen MR) is 53.7 cm³/mol. The van der Waals surface area contributed by atoms with Gasteiger partial charge in [0.05, 0.1) is 5.02 Å². The summed E-state index contributed by atoms with van der Waals surface area (Å²) in [5.74, 6) is 0. The fourth-order valence-corrected chi connectivity index (χ4v) is 1.54. The van der Waals surface area contributed by atoms with Crippen LogP contribution in [0.3, 0.4) is 0 Å². The molecule has 13 heavy (non-hydrogen) atoms. The molecule has 3 heteroatoms. The molecule has 0 amide bonds. The van der Waals surface area contributed by atoms with Crippen LogP contribution in [0.4, 0.5) is 0 Å². The molecular weight excluding hydrogens is 184 g/mol. The fraction of sp³-hybridized carbons (Fsp3) is 0.100. The third-order valence-electron chi connectivity index (χ3n) is 1.83. The van der Waals surface area contributed by atoms with Gasteiger partial charge in [0.1, 0.15) is 5.69 Å². The van der Waals surface area contributed by atoms with E-state index in [9.17, 15) is 0 Å². The molecule has 0 aliphatic carbocycles. The molecule has 0 spiro atoms. The largest absolute Gasteiger partial charge is 0.274 e. The van der Waals surface area contributed by atoms with Gasteiger partial charge in [0, 0.05) is 18.8 Å². The quantitative estimate of drug-likeness (QED) is 0.680. The van der Waals surface area contributed by atoms with Gasteiger partial charge in [0.15, 0.2) is 0 Å². The zero-order valence-electron chi connectivity index (χ0n) is 7.24. The van der Waals surface area contributed by atoms with Crippen molar-refractivity contribution in [3.8, 4) is 11.3 Å². The number of hydrogen-bond acceptors (Lipinski definition) is 1. The van der Waals surface area contributed by atoms with Gasteiger partial charge in [-0.15, -0.1) is 0 Å². The Morgan fingerprint density at radius 3 is 2.46 bits per heavy atom. The zero-order chi connectivity index (χ0) is 9.26. The number of hydrogen-bond donors (Lipinski definition) is 0. The van der Waals surface area contributed by atoms with Gasteiger partial charge in [-0.1, -0.05) is 41.9 Å². The minimum absolute atomic E-state index is 0.689. The maximum atomic E-state index is 6.00. The van der Waals surface area contributed by atoms with Crippen LogP contribution in [0.2, 0.25) is 5.02 Å². The molecule has 0 radical (unpaired) electrons. The second-order valence-corrected chi connectivity index (χ2v) is 3.27. The predicted octanol–water partition coefficient (Wildman–Crippen LogP) is 2.74. The molecule has 0 aliphatic heterocycles. The molecular formula is C10H9ClN2. The smallest absolute Gasteiger partial charge is 0.111 e.